The molecule has 4 N–H and O–H groups in total. The van der Waals surface area contributed by atoms with Gasteiger partial charge in [-0.1, -0.05) is 0 Å². The molecule has 6 nitrogen and oxygen atoms in total. The van der Waals surface area contributed by atoms with Crippen LogP contribution < -0.4 is 0 Å². The first-order valence-corrected chi connectivity index (χ1v) is 5.37. The van der Waals surface area contributed by atoms with E-state index in [1.54, 1.807) is 0 Å². The fourth-order valence-electron chi connectivity index (χ4n) is 0. The molecule has 0 aliphatic heterocycles. The van der Waals surface area contributed by atoms with Crippen molar-refractivity contribution in [3.63, 3.8) is 0 Å². The van der Waals surface area contributed by atoms with Crippen LogP contribution in [0.1, 0.15) is 2.85 Å². The van der Waals surface area contributed by atoms with Gasteiger partial charge in [0.25, 0.3) is 0 Å². The minimum atomic E-state index is -3.58. The van der Waals surface area contributed by atoms with Crippen LogP contribution in [-0.2, 0) is 43.9 Å². The quantitative estimate of drug-likeness (QED) is 0.343. The summed E-state index contributed by atoms with van der Waals surface area (Å²) in [6.45, 7) is 0. The van der Waals surface area contributed by atoms with E-state index in [0.717, 1.165) is 0 Å². The predicted octanol–water partition coefficient (Wildman–Crippen LogP) is -2.63. The van der Waals surface area contributed by atoms with Crippen LogP contribution in [0.15, 0.2) is 0 Å². The molecule has 9 heteroatoms. The Balaban J connectivity index is -0.0000000171. The second-order valence-electron chi connectivity index (χ2n) is 0.565. The van der Waals surface area contributed by atoms with Crippen LogP contribution in [0, 0.1) is 0 Å². The summed E-state index contributed by atoms with van der Waals surface area (Å²) < 4.78 is 46.5. The van der Waals surface area contributed by atoms with Crippen LogP contribution in [0.4, 0.5) is 0 Å². The van der Waals surface area contributed by atoms with E-state index < -0.39 is 37.2 Å². The zero-order chi connectivity index (χ0) is 7.15. The van der Waals surface area contributed by atoms with Crippen molar-refractivity contribution in [3.05, 3.63) is 0 Å². The molecular weight excluding hydrogens is 232 g/mol. The van der Waals surface area contributed by atoms with Gasteiger partial charge < -0.3 is 2.85 Å². The Morgan fingerprint density at radius 2 is 0.889 bits per heavy atom. The van der Waals surface area contributed by atoms with Crippen LogP contribution >= 0.6 is 0 Å². The van der Waals surface area contributed by atoms with Crippen LogP contribution in [0.25, 0.3) is 0 Å². The van der Waals surface area contributed by atoms with Crippen LogP contribution in [-0.4, -0.2) is 52.5 Å². The van der Waals surface area contributed by atoms with E-state index in [0.29, 0.717) is 0 Å². The second-order valence-corrected chi connectivity index (χ2v) is 2.33. The Bertz CT molecular complexity index is 76.6. The third-order valence-corrected chi connectivity index (χ3v) is 0. The van der Waals surface area contributed by atoms with E-state index in [2.05, 4.69) is 0 Å². The summed E-state index contributed by atoms with van der Waals surface area (Å²) >= 11 is -7.17. The Labute approximate surface area is 97.7 Å². The molecule has 0 aromatic carbocycles. The Morgan fingerprint density at radius 3 is 0.889 bits per heavy atom. The van der Waals surface area contributed by atoms with Crippen LogP contribution in [0.3, 0.4) is 0 Å². The standard InChI is InChI=1S/Ca.4H2O.2O.2Ti.2H/h;4*1H2;;;;;;/q+2;;;;;;;2*+2;2*-1/p-4. The molecule has 0 aromatic rings. The molecule has 0 fully saturated rings. The Hall–Kier alpha value is 2.13. The van der Waals surface area contributed by atoms with Gasteiger partial charge in [0.2, 0.25) is 0 Å². The number of hydrogen-bond donors (Lipinski definition) is 4. The molecule has 0 saturated carbocycles. The molecule has 0 atom stereocenters. The van der Waals surface area contributed by atoms with Gasteiger partial charge in [-0.05, 0) is 0 Å². The molecule has 0 aliphatic carbocycles. The first kappa shape index (κ1) is 17.3. The van der Waals surface area contributed by atoms with Crippen LogP contribution in [0.2, 0.25) is 0 Å². The first-order chi connectivity index (χ1) is 3.46. The Morgan fingerprint density at radius 1 is 0.889 bits per heavy atom. The molecule has 0 rings (SSSR count). The van der Waals surface area contributed by atoms with Crippen molar-refractivity contribution in [2.24, 2.45) is 0 Å². The molecule has 0 aliphatic rings. The maximum atomic E-state index is 8.81. The van der Waals surface area contributed by atoms with Gasteiger partial charge in [-0.2, -0.15) is 0 Å². The molecule has 0 spiro atoms. The third kappa shape index (κ3) is 148. The van der Waals surface area contributed by atoms with Gasteiger partial charge in [-0.15, -0.1) is 0 Å². The van der Waals surface area contributed by atoms with Crippen molar-refractivity contribution >= 4 is 37.7 Å². The minimum absolute atomic E-state index is 0. The average molecular weight is 238 g/mol. The summed E-state index contributed by atoms with van der Waals surface area (Å²) in [6, 6.07) is 0. The summed E-state index contributed by atoms with van der Waals surface area (Å²) in [6.07, 6.45) is 0. The molecule has 0 bridgehead atoms. The predicted molar refractivity (Wildman–Crippen MR) is 18.2 cm³/mol. The maximum absolute atomic E-state index is 8.81. The van der Waals surface area contributed by atoms with Gasteiger partial charge in [-0.25, -0.2) is 0 Å². The van der Waals surface area contributed by atoms with E-state index in [1.165, 1.54) is 0 Å². The molecular formula is H6CaO6Ti2. The molecule has 0 radical (unpaired) electrons. The first-order valence-electron chi connectivity index (χ1n) is 1.30. The van der Waals surface area contributed by atoms with Crippen molar-refractivity contribution < 1.29 is 61.5 Å². The van der Waals surface area contributed by atoms with Gasteiger partial charge in [0, 0.05) is 0 Å². The fourth-order valence-corrected chi connectivity index (χ4v) is 0. The van der Waals surface area contributed by atoms with Crippen molar-refractivity contribution in [2.75, 3.05) is 0 Å². The van der Waals surface area contributed by atoms with E-state index in [1.807, 2.05) is 0 Å². The van der Waals surface area contributed by atoms with Gasteiger partial charge in [0.1, 0.15) is 0 Å². The van der Waals surface area contributed by atoms with E-state index in [-0.39, 0.29) is 40.6 Å². The van der Waals surface area contributed by atoms with Gasteiger partial charge in [0.05, 0.1) is 0 Å². The molecule has 0 amide bonds. The monoisotopic (exact) mass is 238 g/mol. The summed E-state index contributed by atoms with van der Waals surface area (Å²) in [5, 5.41) is 0. The summed E-state index contributed by atoms with van der Waals surface area (Å²) in [4.78, 5) is 0. The molecule has 0 saturated heterocycles. The Kier molecular flexibility index (Phi) is 24.5. The van der Waals surface area contributed by atoms with Crippen molar-refractivity contribution in [1.29, 1.82) is 0 Å². The molecule has 0 heterocycles. The number of rotatable bonds is 0. The summed E-state index contributed by atoms with van der Waals surface area (Å²) in [5.41, 5.74) is 0. The summed E-state index contributed by atoms with van der Waals surface area (Å²) in [7, 11) is 0. The second kappa shape index (κ2) is 12.8. The summed E-state index contributed by atoms with van der Waals surface area (Å²) in [5.74, 6) is 0. The molecule has 0 unspecified atom stereocenters. The third-order valence-electron chi connectivity index (χ3n) is 0. The molecule has 0 aromatic heterocycles. The van der Waals surface area contributed by atoms with Crippen LogP contribution in [0.5, 0.6) is 0 Å². The SMILES string of the molecule is [Ca+2].[H-].[H-].[O]=[Ti]([OH])[OH].[O]=[Ti]([OH])[OH]. The molecule has 9 heavy (non-hydrogen) atoms. The zero-order valence-electron chi connectivity index (χ0n) is 6.31. The normalized spacial score (nSPS) is 5.78. The van der Waals surface area contributed by atoms with Crippen molar-refractivity contribution in [2.45, 2.75) is 0 Å². The molecule has 52 valence electrons. The zero-order valence-corrected chi connectivity index (χ0v) is 9.64. The fraction of sp³-hybridized carbons (Fsp3) is 0. The topological polar surface area (TPSA) is 115 Å². The van der Waals surface area contributed by atoms with Gasteiger partial charge in [-0.3, -0.25) is 0 Å². The van der Waals surface area contributed by atoms with Gasteiger partial charge >= 0.3 is 96.4 Å². The van der Waals surface area contributed by atoms with Crippen molar-refractivity contribution in [3.8, 4) is 0 Å². The van der Waals surface area contributed by atoms with Gasteiger partial charge in [0.15, 0.2) is 0 Å². The average Bonchev–Trinajstić information content (AvgIpc) is 1.25. The van der Waals surface area contributed by atoms with E-state index >= 15 is 0 Å². The van der Waals surface area contributed by atoms with E-state index in [9.17, 15) is 0 Å². The van der Waals surface area contributed by atoms with E-state index in [4.69, 9.17) is 21.4 Å². The van der Waals surface area contributed by atoms with Crippen molar-refractivity contribution in [1.82, 2.24) is 0 Å². The number of hydrogen-bond acceptors (Lipinski definition) is 2.